The molecule has 1 amide bonds. The molecule has 0 bridgehead atoms. The molecule has 1 aromatic heterocycles. The number of nitrogens with two attached hydrogens (primary N) is 1. The largest absolute Gasteiger partial charge is 0.358 e. The SMILES string of the molecule is Cc1[nH]c2ccccc2c1CC(=O)NCCN. The van der Waals surface area contributed by atoms with Crippen molar-refractivity contribution in [3.05, 3.63) is 35.5 Å². The molecule has 0 spiro atoms. The van der Waals surface area contributed by atoms with Gasteiger partial charge in [0.2, 0.25) is 5.91 Å². The molecule has 0 atom stereocenters. The molecule has 2 aromatic rings. The predicted octanol–water partition coefficient (Wildman–Crippen LogP) is 1.09. The van der Waals surface area contributed by atoms with E-state index in [0.717, 1.165) is 22.2 Å². The van der Waals surface area contributed by atoms with Gasteiger partial charge in [0.1, 0.15) is 0 Å². The van der Waals surface area contributed by atoms with Gasteiger partial charge in [0.15, 0.2) is 0 Å². The Kier molecular flexibility index (Phi) is 3.44. The number of nitrogens with one attached hydrogen (secondary N) is 2. The van der Waals surface area contributed by atoms with Gasteiger partial charge in [0.25, 0.3) is 0 Å². The Morgan fingerprint density at radius 2 is 2.18 bits per heavy atom. The summed E-state index contributed by atoms with van der Waals surface area (Å²) in [5, 5.41) is 3.90. The second-order valence-electron chi connectivity index (χ2n) is 4.09. The third-order valence-electron chi connectivity index (χ3n) is 2.83. The second-order valence-corrected chi connectivity index (χ2v) is 4.09. The van der Waals surface area contributed by atoms with Crippen LogP contribution in [0.3, 0.4) is 0 Å². The highest BCUT2D eigenvalue weighted by molar-refractivity contribution is 5.90. The van der Waals surface area contributed by atoms with Crippen LogP contribution in [0.4, 0.5) is 0 Å². The Morgan fingerprint density at radius 1 is 1.41 bits per heavy atom. The van der Waals surface area contributed by atoms with Crippen LogP contribution in [0, 0.1) is 6.92 Å². The summed E-state index contributed by atoms with van der Waals surface area (Å²) >= 11 is 0. The summed E-state index contributed by atoms with van der Waals surface area (Å²) in [6.07, 6.45) is 0.399. The van der Waals surface area contributed by atoms with Crippen molar-refractivity contribution >= 4 is 16.8 Å². The molecule has 0 aliphatic rings. The third-order valence-corrected chi connectivity index (χ3v) is 2.83. The number of rotatable bonds is 4. The van der Waals surface area contributed by atoms with E-state index in [-0.39, 0.29) is 5.91 Å². The maximum Gasteiger partial charge on any atom is 0.224 e. The molecule has 17 heavy (non-hydrogen) atoms. The molecule has 0 aliphatic carbocycles. The van der Waals surface area contributed by atoms with Crippen molar-refractivity contribution in [1.82, 2.24) is 10.3 Å². The number of aromatic nitrogens is 1. The van der Waals surface area contributed by atoms with Crippen LogP contribution in [0.5, 0.6) is 0 Å². The monoisotopic (exact) mass is 231 g/mol. The summed E-state index contributed by atoms with van der Waals surface area (Å²) in [5.74, 6) is 0.0169. The third kappa shape index (κ3) is 2.47. The van der Waals surface area contributed by atoms with Gasteiger partial charge in [-0.05, 0) is 18.6 Å². The molecule has 4 heteroatoms. The molecular formula is C13H17N3O. The lowest BCUT2D eigenvalue weighted by atomic mass is 10.1. The van der Waals surface area contributed by atoms with Crippen molar-refractivity contribution in [3.8, 4) is 0 Å². The van der Waals surface area contributed by atoms with Crippen LogP contribution < -0.4 is 11.1 Å². The molecule has 1 heterocycles. The van der Waals surface area contributed by atoms with Crippen LogP contribution in [0.25, 0.3) is 10.9 Å². The minimum atomic E-state index is 0.0169. The maximum absolute atomic E-state index is 11.7. The van der Waals surface area contributed by atoms with E-state index in [0.29, 0.717) is 19.5 Å². The number of amides is 1. The Morgan fingerprint density at radius 3 is 2.94 bits per heavy atom. The van der Waals surface area contributed by atoms with Gasteiger partial charge in [-0.3, -0.25) is 4.79 Å². The average Bonchev–Trinajstić information content (AvgIpc) is 2.64. The average molecular weight is 231 g/mol. The molecule has 0 saturated carbocycles. The van der Waals surface area contributed by atoms with Crippen molar-refractivity contribution in [3.63, 3.8) is 0 Å². The molecule has 0 unspecified atom stereocenters. The number of hydrogen-bond acceptors (Lipinski definition) is 2. The zero-order chi connectivity index (χ0) is 12.3. The fraction of sp³-hybridized carbons (Fsp3) is 0.308. The van der Waals surface area contributed by atoms with Crippen molar-refractivity contribution in [1.29, 1.82) is 0 Å². The van der Waals surface area contributed by atoms with Gasteiger partial charge in [-0.1, -0.05) is 18.2 Å². The highest BCUT2D eigenvalue weighted by atomic mass is 16.1. The Bertz CT molecular complexity index is 530. The van der Waals surface area contributed by atoms with Gasteiger partial charge in [-0.15, -0.1) is 0 Å². The van der Waals surface area contributed by atoms with Gasteiger partial charge in [-0.25, -0.2) is 0 Å². The van der Waals surface area contributed by atoms with E-state index in [4.69, 9.17) is 5.73 Å². The zero-order valence-electron chi connectivity index (χ0n) is 9.92. The first kappa shape index (κ1) is 11.7. The Balaban J connectivity index is 2.23. The number of aryl methyl sites for hydroxylation is 1. The summed E-state index contributed by atoms with van der Waals surface area (Å²) in [7, 11) is 0. The quantitative estimate of drug-likeness (QED) is 0.737. The van der Waals surface area contributed by atoms with Gasteiger partial charge in [0.05, 0.1) is 6.42 Å². The number of carbonyl (C=O) groups excluding carboxylic acids is 1. The number of para-hydroxylation sites is 1. The first-order valence-electron chi connectivity index (χ1n) is 5.75. The minimum Gasteiger partial charge on any atom is -0.358 e. The smallest absolute Gasteiger partial charge is 0.224 e. The molecule has 4 N–H and O–H groups in total. The molecule has 2 rings (SSSR count). The number of benzene rings is 1. The van der Waals surface area contributed by atoms with Crippen LogP contribution in [-0.4, -0.2) is 24.0 Å². The first-order valence-corrected chi connectivity index (χ1v) is 5.75. The maximum atomic E-state index is 11.7. The number of carbonyl (C=O) groups is 1. The first-order chi connectivity index (χ1) is 8.22. The lowest BCUT2D eigenvalue weighted by Gasteiger charge is -2.03. The lowest BCUT2D eigenvalue weighted by molar-refractivity contribution is -0.120. The van der Waals surface area contributed by atoms with Crippen molar-refractivity contribution in [2.75, 3.05) is 13.1 Å². The van der Waals surface area contributed by atoms with Crippen LogP contribution in [0.1, 0.15) is 11.3 Å². The van der Waals surface area contributed by atoms with Crippen LogP contribution in [0.15, 0.2) is 24.3 Å². The Labute approximate surface area is 100 Å². The Hall–Kier alpha value is -1.81. The van der Waals surface area contributed by atoms with E-state index in [1.54, 1.807) is 0 Å². The molecule has 4 nitrogen and oxygen atoms in total. The molecule has 1 aromatic carbocycles. The van der Waals surface area contributed by atoms with E-state index in [1.807, 2.05) is 31.2 Å². The summed E-state index contributed by atoms with van der Waals surface area (Å²) in [5.41, 5.74) is 8.54. The van der Waals surface area contributed by atoms with Gasteiger partial charge < -0.3 is 16.0 Å². The summed E-state index contributed by atoms with van der Waals surface area (Å²) in [6, 6.07) is 8.02. The molecule has 0 radical (unpaired) electrons. The fourth-order valence-corrected chi connectivity index (χ4v) is 2.00. The summed E-state index contributed by atoms with van der Waals surface area (Å²) in [4.78, 5) is 15.0. The summed E-state index contributed by atoms with van der Waals surface area (Å²) < 4.78 is 0. The number of aromatic amines is 1. The number of fused-ring (bicyclic) bond motifs is 1. The normalized spacial score (nSPS) is 10.7. The van der Waals surface area contributed by atoms with Crippen molar-refractivity contribution < 1.29 is 4.79 Å². The minimum absolute atomic E-state index is 0.0169. The highest BCUT2D eigenvalue weighted by Crippen LogP contribution is 2.22. The highest BCUT2D eigenvalue weighted by Gasteiger charge is 2.11. The number of hydrogen-bond donors (Lipinski definition) is 3. The molecular weight excluding hydrogens is 214 g/mol. The molecule has 90 valence electrons. The van der Waals surface area contributed by atoms with Crippen LogP contribution in [0.2, 0.25) is 0 Å². The van der Waals surface area contributed by atoms with E-state index >= 15 is 0 Å². The van der Waals surface area contributed by atoms with Crippen molar-refractivity contribution in [2.24, 2.45) is 5.73 Å². The van der Waals surface area contributed by atoms with E-state index in [9.17, 15) is 4.79 Å². The van der Waals surface area contributed by atoms with E-state index < -0.39 is 0 Å². The van der Waals surface area contributed by atoms with Gasteiger partial charge >= 0.3 is 0 Å². The standard InChI is InChI=1S/C13H17N3O/c1-9-11(8-13(17)15-7-6-14)10-4-2-3-5-12(10)16-9/h2-5,16H,6-8,14H2,1H3,(H,15,17). The molecule has 0 fully saturated rings. The van der Waals surface area contributed by atoms with E-state index in [1.165, 1.54) is 0 Å². The molecule has 0 saturated heterocycles. The lowest BCUT2D eigenvalue weighted by Crippen LogP contribution is -2.30. The summed E-state index contributed by atoms with van der Waals surface area (Å²) in [6.45, 7) is 2.99. The predicted molar refractivity (Wildman–Crippen MR) is 68.8 cm³/mol. The van der Waals surface area contributed by atoms with Gasteiger partial charge in [-0.2, -0.15) is 0 Å². The number of H-pyrrole nitrogens is 1. The van der Waals surface area contributed by atoms with E-state index in [2.05, 4.69) is 10.3 Å². The fourth-order valence-electron chi connectivity index (χ4n) is 2.00. The van der Waals surface area contributed by atoms with Gasteiger partial charge in [0, 0.05) is 29.7 Å². The van der Waals surface area contributed by atoms with Crippen LogP contribution >= 0.6 is 0 Å². The second kappa shape index (κ2) is 5.01. The molecule has 0 aliphatic heterocycles. The van der Waals surface area contributed by atoms with Crippen molar-refractivity contribution in [2.45, 2.75) is 13.3 Å². The van der Waals surface area contributed by atoms with Crippen LogP contribution in [-0.2, 0) is 11.2 Å². The zero-order valence-corrected chi connectivity index (χ0v) is 9.92. The topological polar surface area (TPSA) is 70.9 Å².